The summed E-state index contributed by atoms with van der Waals surface area (Å²) < 4.78 is 0. The van der Waals surface area contributed by atoms with Crippen LogP contribution in [0.3, 0.4) is 0 Å². The molecule has 0 radical (unpaired) electrons. The summed E-state index contributed by atoms with van der Waals surface area (Å²) in [5, 5.41) is 9.47. The largest absolute Gasteiger partial charge is 0.388 e. The highest BCUT2D eigenvalue weighted by Gasteiger charge is 2.18. The first-order chi connectivity index (χ1) is 6.27. The molecule has 1 unspecified atom stereocenters. The van der Waals surface area contributed by atoms with E-state index in [0.29, 0.717) is 0 Å². The molecule has 0 aliphatic heterocycles. The fraction of sp³-hybridized carbons (Fsp3) is 0.500. The van der Waals surface area contributed by atoms with E-state index in [9.17, 15) is 5.11 Å². The summed E-state index contributed by atoms with van der Waals surface area (Å²) in [7, 11) is 0. The zero-order chi connectivity index (χ0) is 9.84. The van der Waals surface area contributed by atoms with Crippen LogP contribution in [0, 0.1) is 6.92 Å². The van der Waals surface area contributed by atoms with Gasteiger partial charge in [-0.3, -0.25) is 0 Å². The summed E-state index contributed by atoms with van der Waals surface area (Å²) in [6, 6.07) is 6.28. The highest BCUT2D eigenvalue weighted by molar-refractivity contribution is 5.36. The van der Waals surface area contributed by atoms with Crippen molar-refractivity contribution in [2.75, 3.05) is 0 Å². The van der Waals surface area contributed by atoms with Gasteiger partial charge in [0, 0.05) is 0 Å². The van der Waals surface area contributed by atoms with E-state index in [-0.39, 0.29) is 6.10 Å². The highest BCUT2D eigenvalue weighted by Crippen LogP contribution is 2.30. The van der Waals surface area contributed by atoms with Crippen molar-refractivity contribution in [2.24, 2.45) is 0 Å². The van der Waals surface area contributed by atoms with E-state index >= 15 is 0 Å². The third kappa shape index (κ3) is 2.10. The van der Waals surface area contributed by atoms with E-state index in [1.165, 1.54) is 11.1 Å². The molecule has 1 aliphatic carbocycles. The van der Waals surface area contributed by atoms with Crippen molar-refractivity contribution in [1.82, 2.24) is 0 Å². The SMILES string of the molecule is CC.Cc1ccc2c(c1)CCC2O. The summed E-state index contributed by atoms with van der Waals surface area (Å²) in [6.07, 6.45) is 1.74. The molecule has 0 spiro atoms. The number of benzene rings is 1. The highest BCUT2D eigenvalue weighted by atomic mass is 16.3. The quantitative estimate of drug-likeness (QED) is 0.647. The van der Waals surface area contributed by atoms with Gasteiger partial charge in [-0.1, -0.05) is 37.6 Å². The van der Waals surface area contributed by atoms with Crippen molar-refractivity contribution in [3.05, 3.63) is 34.9 Å². The van der Waals surface area contributed by atoms with Crippen molar-refractivity contribution in [1.29, 1.82) is 0 Å². The van der Waals surface area contributed by atoms with Gasteiger partial charge in [0.25, 0.3) is 0 Å². The second-order valence-corrected chi connectivity index (χ2v) is 3.26. The van der Waals surface area contributed by atoms with Gasteiger partial charge >= 0.3 is 0 Å². The number of rotatable bonds is 0. The zero-order valence-corrected chi connectivity index (χ0v) is 8.67. The maximum atomic E-state index is 9.47. The number of fused-ring (bicyclic) bond motifs is 1. The molecule has 0 fully saturated rings. The van der Waals surface area contributed by atoms with Crippen LogP contribution in [-0.4, -0.2) is 5.11 Å². The minimum absolute atomic E-state index is 0.203. The molecule has 0 amide bonds. The van der Waals surface area contributed by atoms with E-state index in [4.69, 9.17) is 0 Å². The molecule has 72 valence electrons. The van der Waals surface area contributed by atoms with Crippen LogP contribution in [0.1, 0.15) is 43.1 Å². The molecule has 0 saturated heterocycles. The number of aryl methyl sites for hydroxylation is 2. The van der Waals surface area contributed by atoms with Gasteiger partial charge in [0.05, 0.1) is 6.10 Å². The number of hydrogen-bond acceptors (Lipinski definition) is 1. The Balaban J connectivity index is 0.000000396. The minimum Gasteiger partial charge on any atom is -0.388 e. The van der Waals surface area contributed by atoms with Crippen LogP contribution in [0.4, 0.5) is 0 Å². The summed E-state index contributed by atoms with van der Waals surface area (Å²) in [5.41, 5.74) is 3.76. The van der Waals surface area contributed by atoms with Crippen molar-refractivity contribution in [3.63, 3.8) is 0 Å². The molecule has 0 heterocycles. The Hall–Kier alpha value is -0.820. The molecule has 1 N–H and O–H groups in total. The lowest BCUT2D eigenvalue weighted by molar-refractivity contribution is 0.180. The maximum Gasteiger partial charge on any atom is 0.0795 e. The van der Waals surface area contributed by atoms with Gasteiger partial charge < -0.3 is 5.11 Å². The smallest absolute Gasteiger partial charge is 0.0795 e. The van der Waals surface area contributed by atoms with Gasteiger partial charge in [0.15, 0.2) is 0 Å². The van der Waals surface area contributed by atoms with Gasteiger partial charge in [-0.15, -0.1) is 0 Å². The Morgan fingerprint density at radius 3 is 2.69 bits per heavy atom. The van der Waals surface area contributed by atoms with Crippen LogP contribution in [0.25, 0.3) is 0 Å². The standard InChI is InChI=1S/C10H12O.C2H6/c1-7-2-4-9-8(6-7)3-5-10(9)11;1-2/h2,4,6,10-11H,3,5H2,1H3;1-2H3. The normalized spacial score (nSPS) is 18.9. The van der Waals surface area contributed by atoms with Crippen LogP contribution in [-0.2, 0) is 6.42 Å². The van der Waals surface area contributed by atoms with Crippen molar-refractivity contribution < 1.29 is 5.11 Å². The first-order valence-electron chi connectivity index (χ1n) is 5.05. The average Bonchev–Trinajstić information content (AvgIpc) is 2.51. The van der Waals surface area contributed by atoms with Gasteiger partial charge in [0.1, 0.15) is 0 Å². The molecule has 0 aromatic heterocycles. The van der Waals surface area contributed by atoms with Crippen LogP contribution in [0.2, 0.25) is 0 Å². The lowest BCUT2D eigenvalue weighted by Crippen LogP contribution is -1.89. The molecule has 1 atom stereocenters. The summed E-state index contributed by atoms with van der Waals surface area (Å²) >= 11 is 0. The predicted molar refractivity (Wildman–Crippen MR) is 55.8 cm³/mol. The average molecular weight is 178 g/mol. The summed E-state index contributed by atoms with van der Waals surface area (Å²) in [6.45, 7) is 6.09. The molecule has 2 rings (SSSR count). The van der Waals surface area contributed by atoms with Crippen molar-refractivity contribution >= 4 is 0 Å². The Morgan fingerprint density at radius 1 is 1.31 bits per heavy atom. The summed E-state index contributed by atoms with van der Waals surface area (Å²) in [5.74, 6) is 0. The van der Waals surface area contributed by atoms with E-state index in [2.05, 4.69) is 19.1 Å². The Bertz CT molecular complexity index is 278. The van der Waals surface area contributed by atoms with Gasteiger partial charge in [-0.05, 0) is 30.9 Å². The second-order valence-electron chi connectivity index (χ2n) is 3.26. The van der Waals surface area contributed by atoms with Crippen LogP contribution in [0.5, 0.6) is 0 Å². The minimum atomic E-state index is -0.203. The monoisotopic (exact) mass is 178 g/mol. The van der Waals surface area contributed by atoms with Gasteiger partial charge in [0.2, 0.25) is 0 Å². The Kier molecular flexibility index (Phi) is 3.49. The molecule has 0 saturated carbocycles. The first-order valence-corrected chi connectivity index (χ1v) is 5.05. The van der Waals surface area contributed by atoms with Crippen LogP contribution < -0.4 is 0 Å². The molecular weight excluding hydrogens is 160 g/mol. The molecule has 1 aromatic rings. The van der Waals surface area contributed by atoms with Crippen molar-refractivity contribution in [2.45, 2.75) is 39.7 Å². The number of aliphatic hydroxyl groups is 1. The molecular formula is C12H18O. The molecule has 1 nitrogen and oxygen atoms in total. The van der Waals surface area contributed by atoms with E-state index < -0.39 is 0 Å². The lowest BCUT2D eigenvalue weighted by Gasteiger charge is -2.02. The second kappa shape index (κ2) is 4.43. The van der Waals surface area contributed by atoms with E-state index in [1.807, 2.05) is 19.9 Å². The Morgan fingerprint density at radius 2 is 2.00 bits per heavy atom. The molecule has 13 heavy (non-hydrogen) atoms. The topological polar surface area (TPSA) is 20.2 Å². The molecule has 1 aliphatic rings. The Labute approximate surface area is 80.4 Å². The zero-order valence-electron chi connectivity index (χ0n) is 8.67. The first kappa shape index (κ1) is 10.3. The third-order valence-electron chi connectivity index (χ3n) is 2.34. The van der Waals surface area contributed by atoms with E-state index in [0.717, 1.165) is 18.4 Å². The lowest BCUT2D eigenvalue weighted by atomic mass is 10.1. The van der Waals surface area contributed by atoms with E-state index in [1.54, 1.807) is 0 Å². The fourth-order valence-electron chi connectivity index (χ4n) is 1.72. The molecule has 1 heteroatoms. The predicted octanol–water partition coefficient (Wildman–Crippen LogP) is 3.00. The number of aliphatic hydroxyl groups excluding tert-OH is 1. The summed E-state index contributed by atoms with van der Waals surface area (Å²) in [4.78, 5) is 0. The fourth-order valence-corrected chi connectivity index (χ4v) is 1.72. The van der Waals surface area contributed by atoms with Crippen LogP contribution >= 0.6 is 0 Å². The van der Waals surface area contributed by atoms with Gasteiger partial charge in [-0.2, -0.15) is 0 Å². The third-order valence-corrected chi connectivity index (χ3v) is 2.34. The van der Waals surface area contributed by atoms with Crippen LogP contribution in [0.15, 0.2) is 18.2 Å². The van der Waals surface area contributed by atoms with Gasteiger partial charge in [-0.25, -0.2) is 0 Å². The molecule has 1 aromatic carbocycles. The number of hydrogen-bond donors (Lipinski definition) is 1. The molecule has 0 bridgehead atoms. The maximum absolute atomic E-state index is 9.47. The van der Waals surface area contributed by atoms with Crippen molar-refractivity contribution in [3.8, 4) is 0 Å².